The molecule has 0 aromatic carbocycles. The fourth-order valence-corrected chi connectivity index (χ4v) is 1.64. The molecular formula is C11H25NO2. The maximum Gasteiger partial charge on any atom is 0.0634 e. The van der Waals surface area contributed by atoms with Crippen LogP contribution in [0.15, 0.2) is 0 Å². The zero-order chi connectivity index (χ0) is 11.0. The fourth-order valence-electron chi connectivity index (χ4n) is 1.64. The Bertz CT molecular complexity index is 135. The second-order valence-corrected chi connectivity index (χ2v) is 4.59. The maximum absolute atomic E-state index is 9.97. The molecule has 1 unspecified atom stereocenters. The first-order chi connectivity index (χ1) is 6.48. The van der Waals surface area contributed by atoms with Crippen molar-refractivity contribution in [1.29, 1.82) is 0 Å². The number of rotatable bonds is 8. The van der Waals surface area contributed by atoms with Gasteiger partial charge in [-0.15, -0.1) is 0 Å². The van der Waals surface area contributed by atoms with Crippen molar-refractivity contribution >= 4 is 0 Å². The van der Waals surface area contributed by atoms with Crippen molar-refractivity contribution < 1.29 is 9.84 Å². The van der Waals surface area contributed by atoms with Crippen LogP contribution in [0.25, 0.3) is 0 Å². The standard InChI is InChI=1S/C11H25NO2/c1-10(2)9-11(3,13)5-6-12-7-8-14-4/h10,12-13H,5-9H2,1-4H3. The monoisotopic (exact) mass is 203 g/mol. The first kappa shape index (κ1) is 13.9. The Labute approximate surface area is 87.8 Å². The third-order valence-electron chi connectivity index (χ3n) is 2.17. The Hall–Kier alpha value is -0.120. The van der Waals surface area contributed by atoms with E-state index in [4.69, 9.17) is 4.74 Å². The first-order valence-corrected chi connectivity index (χ1v) is 5.40. The molecule has 0 fully saturated rings. The minimum absolute atomic E-state index is 0.533. The van der Waals surface area contributed by atoms with Crippen LogP contribution in [-0.2, 0) is 4.74 Å². The SMILES string of the molecule is COCCNCCC(C)(O)CC(C)C. The van der Waals surface area contributed by atoms with E-state index in [2.05, 4.69) is 19.2 Å². The highest BCUT2D eigenvalue weighted by atomic mass is 16.5. The van der Waals surface area contributed by atoms with Crippen molar-refractivity contribution in [2.24, 2.45) is 5.92 Å². The van der Waals surface area contributed by atoms with Crippen molar-refractivity contribution in [3.8, 4) is 0 Å². The summed E-state index contributed by atoms with van der Waals surface area (Å²) in [4.78, 5) is 0. The van der Waals surface area contributed by atoms with Gasteiger partial charge in [0.05, 0.1) is 12.2 Å². The normalized spacial score (nSPS) is 15.9. The Balaban J connectivity index is 3.45. The summed E-state index contributed by atoms with van der Waals surface area (Å²) in [6.45, 7) is 8.61. The lowest BCUT2D eigenvalue weighted by Crippen LogP contribution is -2.32. The number of ether oxygens (including phenoxy) is 1. The van der Waals surface area contributed by atoms with Gasteiger partial charge in [-0.3, -0.25) is 0 Å². The summed E-state index contributed by atoms with van der Waals surface area (Å²) in [5, 5.41) is 13.2. The van der Waals surface area contributed by atoms with E-state index in [0.29, 0.717) is 5.92 Å². The molecule has 0 spiro atoms. The van der Waals surface area contributed by atoms with Gasteiger partial charge in [0.2, 0.25) is 0 Å². The van der Waals surface area contributed by atoms with Crippen molar-refractivity contribution in [3.63, 3.8) is 0 Å². The van der Waals surface area contributed by atoms with E-state index >= 15 is 0 Å². The molecule has 0 aliphatic rings. The predicted octanol–water partition coefficient (Wildman–Crippen LogP) is 1.41. The van der Waals surface area contributed by atoms with Gasteiger partial charge in [0.15, 0.2) is 0 Å². The molecule has 3 heteroatoms. The molecule has 0 aliphatic heterocycles. The Kier molecular flexibility index (Phi) is 7.15. The van der Waals surface area contributed by atoms with Crippen LogP contribution in [0.3, 0.4) is 0 Å². The molecule has 0 saturated carbocycles. The summed E-state index contributed by atoms with van der Waals surface area (Å²) in [5.41, 5.74) is -0.533. The van der Waals surface area contributed by atoms with E-state index in [9.17, 15) is 5.11 Å². The molecule has 14 heavy (non-hydrogen) atoms. The Morgan fingerprint density at radius 2 is 2.00 bits per heavy atom. The van der Waals surface area contributed by atoms with Crippen LogP contribution in [0.1, 0.15) is 33.6 Å². The van der Waals surface area contributed by atoms with Gasteiger partial charge in [-0.25, -0.2) is 0 Å². The molecule has 0 saturated heterocycles. The molecule has 1 atom stereocenters. The van der Waals surface area contributed by atoms with Crippen molar-refractivity contribution in [1.82, 2.24) is 5.32 Å². The quantitative estimate of drug-likeness (QED) is 0.586. The second-order valence-electron chi connectivity index (χ2n) is 4.59. The molecule has 0 rings (SSSR count). The summed E-state index contributed by atoms with van der Waals surface area (Å²) in [6.07, 6.45) is 1.66. The van der Waals surface area contributed by atoms with Crippen LogP contribution >= 0.6 is 0 Å². The lowest BCUT2D eigenvalue weighted by atomic mass is 9.91. The van der Waals surface area contributed by atoms with E-state index < -0.39 is 5.60 Å². The summed E-state index contributed by atoms with van der Waals surface area (Å²) >= 11 is 0. The second kappa shape index (κ2) is 7.21. The summed E-state index contributed by atoms with van der Waals surface area (Å²) in [7, 11) is 1.69. The molecule has 2 N–H and O–H groups in total. The molecule has 0 aliphatic carbocycles. The zero-order valence-electron chi connectivity index (χ0n) is 9.97. The van der Waals surface area contributed by atoms with Gasteiger partial charge in [-0.1, -0.05) is 13.8 Å². The average molecular weight is 203 g/mol. The van der Waals surface area contributed by atoms with Crippen LogP contribution in [-0.4, -0.2) is 37.5 Å². The van der Waals surface area contributed by atoms with Crippen LogP contribution in [0.2, 0.25) is 0 Å². The van der Waals surface area contributed by atoms with E-state index in [-0.39, 0.29) is 0 Å². The topological polar surface area (TPSA) is 41.5 Å². The van der Waals surface area contributed by atoms with Gasteiger partial charge in [0.1, 0.15) is 0 Å². The predicted molar refractivity (Wildman–Crippen MR) is 59.4 cm³/mol. The highest BCUT2D eigenvalue weighted by molar-refractivity contribution is 4.74. The number of hydrogen-bond acceptors (Lipinski definition) is 3. The van der Waals surface area contributed by atoms with Crippen molar-refractivity contribution in [2.45, 2.75) is 39.2 Å². The molecule has 0 radical (unpaired) electrons. The summed E-state index contributed by atoms with van der Waals surface area (Å²) in [6, 6.07) is 0. The fraction of sp³-hybridized carbons (Fsp3) is 1.00. The van der Waals surface area contributed by atoms with Gasteiger partial charge < -0.3 is 15.2 Å². The van der Waals surface area contributed by atoms with E-state index in [1.165, 1.54) is 0 Å². The van der Waals surface area contributed by atoms with Gasteiger partial charge in [0.25, 0.3) is 0 Å². The number of hydrogen-bond donors (Lipinski definition) is 2. The zero-order valence-corrected chi connectivity index (χ0v) is 9.97. The minimum Gasteiger partial charge on any atom is -0.390 e. The van der Waals surface area contributed by atoms with Crippen molar-refractivity contribution in [3.05, 3.63) is 0 Å². The molecule has 0 bridgehead atoms. The largest absolute Gasteiger partial charge is 0.390 e. The lowest BCUT2D eigenvalue weighted by molar-refractivity contribution is 0.0299. The highest BCUT2D eigenvalue weighted by Gasteiger charge is 2.20. The van der Waals surface area contributed by atoms with Gasteiger partial charge in [-0.2, -0.15) is 0 Å². The van der Waals surface area contributed by atoms with Crippen LogP contribution < -0.4 is 5.32 Å². The lowest BCUT2D eigenvalue weighted by Gasteiger charge is -2.25. The molecule has 0 aromatic rings. The van der Waals surface area contributed by atoms with Gasteiger partial charge in [-0.05, 0) is 32.2 Å². The van der Waals surface area contributed by atoms with Crippen molar-refractivity contribution in [2.75, 3.05) is 26.8 Å². The third kappa shape index (κ3) is 8.48. The maximum atomic E-state index is 9.97. The minimum atomic E-state index is -0.533. The van der Waals surface area contributed by atoms with Crippen LogP contribution in [0.5, 0.6) is 0 Å². The molecule has 86 valence electrons. The third-order valence-corrected chi connectivity index (χ3v) is 2.17. The Morgan fingerprint density at radius 1 is 1.36 bits per heavy atom. The molecule has 0 aromatic heterocycles. The van der Waals surface area contributed by atoms with E-state index in [1.807, 2.05) is 6.92 Å². The van der Waals surface area contributed by atoms with Crippen LogP contribution in [0, 0.1) is 5.92 Å². The Morgan fingerprint density at radius 3 is 2.50 bits per heavy atom. The van der Waals surface area contributed by atoms with Gasteiger partial charge >= 0.3 is 0 Å². The summed E-state index contributed by atoms with van der Waals surface area (Å²) < 4.78 is 4.91. The average Bonchev–Trinajstić information content (AvgIpc) is 2.01. The highest BCUT2D eigenvalue weighted by Crippen LogP contribution is 2.19. The molecular weight excluding hydrogens is 178 g/mol. The number of aliphatic hydroxyl groups is 1. The number of nitrogens with one attached hydrogen (secondary N) is 1. The van der Waals surface area contributed by atoms with E-state index in [1.54, 1.807) is 7.11 Å². The smallest absolute Gasteiger partial charge is 0.0634 e. The van der Waals surface area contributed by atoms with Gasteiger partial charge in [0, 0.05) is 13.7 Å². The number of methoxy groups -OCH3 is 1. The van der Waals surface area contributed by atoms with Crippen LogP contribution in [0.4, 0.5) is 0 Å². The molecule has 3 nitrogen and oxygen atoms in total. The van der Waals surface area contributed by atoms with E-state index in [0.717, 1.165) is 32.5 Å². The molecule has 0 heterocycles. The molecule has 0 amide bonds. The first-order valence-electron chi connectivity index (χ1n) is 5.40. The summed E-state index contributed by atoms with van der Waals surface area (Å²) in [5.74, 6) is 0.545.